The number of imide groups is 1. The van der Waals surface area contributed by atoms with Crippen molar-refractivity contribution in [1.82, 2.24) is 4.90 Å². The summed E-state index contributed by atoms with van der Waals surface area (Å²) in [5.74, 6) is -1.80. The minimum Gasteiger partial charge on any atom is -0.459 e. The molecule has 1 aliphatic carbocycles. The van der Waals surface area contributed by atoms with E-state index in [0.717, 1.165) is 28.9 Å². The quantitative estimate of drug-likeness (QED) is 0.447. The van der Waals surface area contributed by atoms with Crippen LogP contribution in [0.3, 0.4) is 0 Å². The van der Waals surface area contributed by atoms with Crippen LogP contribution in [0.1, 0.15) is 42.4 Å². The fraction of sp³-hybridized carbons (Fsp3) is 0.455. The third kappa shape index (κ3) is 3.45. The molecule has 2 atom stereocenters. The molecule has 0 spiro atoms. The van der Waals surface area contributed by atoms with Gasteiger partial charge in [-0.3, -0.25) is 19.3 Å². The van der Waals surface area contributed by atoms with Crippen molar-refractivity contribution in [2.24, 2.45) is 11.8 Å². The highest BCUT2D eigenvalue weighted by Gasteiger charge is 2.48. The maximum atomic E-state index is 12.5. The van der Waals surface area contributed by atoms with E-state index in [9.17, 15) is 19.2 Å². The summed E-state index contributed by atoms with van der Waals surface area (Å²) in [6.07, 6.45) is 3.26. The molecule has 1 aromatic carbocycles. The van der Waals surface area contributed by atoms with Crippen LogP contribution >= 0.6 is 0 Å². The second kappa shape index (κ2) is 7.46. The summed E-state index contributed by atoms with van der Waals surface area (Å²) in [5.41, 5.74) is 2.31. The molecule has 0 radical (unpaired) electrons. The van der Waals surface area contributed by atoms with Crippen molar-refractivity contribution in [2.45, 2.75) is 46.1 Å². The largest absolute Gasteiger partial charge is 0.459 e. The Labute approximate surface area is 167 Å². The molecule has 1 aliphatic heterocycles. The fourth-order valence-corrected chi connectivity index (χ4v) is 4.36. The third-order valence-corrected chi connectivity index (χ3v) is 6.13. The minimum atomic E-state index is -0.671. The molecule has 29 heavy (non-hydrogen) atoms. The molecule has 7 nitrogen and oxygen atoms in total. The molecule has 2 aromatic rings. The van der Waals surface area contributed by atoms with E-state index < -0.39 is 11.6 Å². The number of hydrogen-bond acceptors (Lipinski definition) is 6. The molecule has 7 heteroatoms. The van der Waals surface area contributed by atoms with E-state index in [4.69, 9.17) is 9.15 Å². The summed E-state index contributed by atoms with van der Waals surface area (Å²) in [6.45, 7) is 3.26. The van der Waals surface area contributed by atoms with E-state index in [2.05, 4.69) is 0 Å². The van der Waals surface area contributed by atoms with Gasteiger partial charge in [-0.15, -0.1) is 0 Å². The topological polar surface area (TPSA) is 93.9 Å². The molecule has 2 amide bonds. The van der Waals surface area contributed by atoms with Gasteiger partial charge in [0.15, 0.2) is 0 Å². The van der Waals surface area contributed by atoms with Gasteiger partial charge in [0, 0.05) is 17.0 Å². The van der Waals surface area contributed by atoms with Crippen LogP contribution in [0.15, 0.2) is 27.4 Å². The molecule has 0 bridgehead atoms. The first kappa shape index (κ1) is 19.4. The highest BCUT2D eigenvalue weighted by Crippen LogP contribution is 2.37. The zero-order valence-electron chi connectivity index (χ0n) is 16.5. The summed E-state index contributed by atoms with van der Waals surface area (Å²) in [6, 6.07) is 5.03. The van der Waals surface area contributed by atoms with E-state index in [1.165, 1.54) is 6.07 Å². The molecule has 152 valence electrons. The molecule has 1 aromatic heterocycles. The normalized spacial score (nSPS) is 21.5. The monoisotopic (exact) mass is 397 g/mol. The minimum absolute atomic E-state index is 0.132. The van der Waals surface area contributed by atoms with Gasteiger partial charge in [-0.25, -0.2) is 4.79 Å². The van der Waals surface area contributed by atoms with Gasteiger partial charge in [-0.05, 0) is 37.8 Å². The van der Waals surface area contributed by atoms with E-state index in [0.29, 0.717) is 29.4 Å². The number of fused-ring (bicyclic) bond motifs is 2. The molecule has 2 fully saturated rings. The maximum Gasteiger partial charge on any atom is 0.336 e. The standard InChI is InChI=1S/C22H23NO6/c1-12-7-8-15-14(9-18(24)29-20(15)13(12)2)11-28-19(25)10-23-21(26)16-5-3-4-6-17(16)22(23)27/h7-9,16-17H,3-6,10-11H2,1-2H3/t16-,17-/m1/s1. The van der Waals surface area contributed by atoms with Gasteiger partial charge in [0.1, 0.15) is 18.7 Å². The zero-order chi connectivity index (χ0) is 20.7. The van der Waals surface area contributed by atoms with Crippen LogP contribution in [0.5, 0.6) is 0 Å². The number of amides is 2. The Morgan fingerprint density at radius 1 is 1.10 bits per heavy atom. The number of rotatable bonds is 4. The highest BCUT2D eigenvalue weighted by molar-refractivity contribution is 6.07. The molecular formula is C22H23NO6. The lowest BCUT2D eigenvalue weighted by molar-refractivity contribution is -0.153. The van der Waals surface area contributed by atoms with Crippen molar-refractivity contribution in [2.75, 3.05) is 6.54 Å². The average Bonchev–Trinajstić information content (AvgIpc) is 2.94. The molecule has 2 aliphatic rings. The Balaban J connectivity index is 1.48. The molecule has 2 heterocycles. The summed E-state index contributed by atoms with van der Waals surface area (Å²) >= 11 is 0. The van der Waals surface area contributed by atoms with Gasteiger partial charge < -0.3 is 9.15 Å². The molecule has 1 saturated heterocycles. The number of esters is 1. The predicted octanol–water partition coefficient (Wildman–Crippen LogP) is 2.63. The van der Waals surface area contributed by atoms with Gasteiger partial charge in [-0.1, -0.05) is 25.0 Å². The number of benzene rings is 1. The van der Waals surface area contributed by atoms with Crippen molar-refractivity contribution < 1.29 is 23.5 Å². The third-order valence-electron chi connectivity index (χ3n) is 6.13. The molecule has 4 rings (SSSR count). The van der Waals surface area contributed by atoms with Crippen molar-refractivity contribution in [3.8, 4) is 0 Å². The average molecular weight is 397 g/mol. The molecular weight excluding hydrogens is 374 g/mol. The first-order valence-electron chi connectivity index (χ1n) is 9.90. The van der Waals surface area contributed by atoms with E-state index in [-0.39, 0.29) is 36.8 Å². The zero-order valence-corrected chi connectivity index (χ0v) is 16.5. The van der Waals surface area contributed by atoms with Crippen LogP contribution in [-0.2, 0) is 25.7 Å². The Kier molecular flexibility index (Phi) is 4.98. The lowest BCUT2D eigenvalue weighted by atomic mass is 9.81. The second-order valence-electron chi connectivity index (χ2n) is 7.90. The van der Waals surface area contributed by atoms with Crippen molar-refractivity contribution in [3.63, 3.8) is 0 Å². The SMILES string of the molecule is Cc1ccc2c(COC(=O)CN3C(=O)[C@@H]4CCCC[C@H]4C3=O)cc(=O)oc2c1C. The Morgan fingerprint density at radius 3 is 2.41 bits per heavy atom. The summed E-state index contributed by atoms with van der Waals surface area (Å²) < 4.78 is 10.6. The first-order valence-corrected chi connectivity index (χ1v) is 9.90. The smallest absolute Gasteiger partial charge is 0.336 e. The number of nitrogens with zero attached hydrogens (tertiary/aromatic N) is 1. The van der Waals surface area contributed by atoms with E-state index in [1.807, 2.05) is 26.0 Å². The van der Waals surface area contributed by atoms with E-state index >= 15 is 0 Å². The number of likely N-dealkylation sites (tertiary alicyclic amines) is 1. The van der Waals surface area contributed by atoms with Crippen molar-refractivity contribution in [1.29, 1.82) is 0 Å². The van der Waals surface area contributed by atoms with Crippen molar-refractivity contribution >= 4 is 28.8 Å². The lowest BCUT2D eigenvalue weighted by Crippen LogP contribution is -2.36. The molecule has 1 saturated carbocycles. The van der Waals surface area contributed by atoms with Gasteiger partial charge >= 0.3 is 11.6 Å². The lowest BCUT2D eigenvalue weighted by Gasteiger charge is -2.19. The fourth-order valence-electron chi connectivity index (χ4n) is 4.36. The van der Waals surface area contributed by atoms with Crippen LogP contribution in [-0.4, -0.2) is 29.2 Å². The number of ether oxygens (including phenoxy) is 1. The summed E-state index contributed by atoms with van der Waals surface area (Å²) in [5, 5.41) is 0.694. The highest BCUT2D eigenvalue weighted by atomic mass is 16.5. The van der Waals surface area contributed by atoms with E-state index in [1.54, 1.807) is 0 Å². The molecule has 0 unspecified atom stereocenters. The maximum absolute atomic E-state index is 12.5. The van der Waals surface area contributed by atoms with Gasteiger partial charge in [0.05, 0.1) is 11.8 Å². The predicted molar refractivity (Wildman–Crippen MR) is 104 cm³/mol. The van der Waals surface area contributed by atoms with Crippen LogP contribution in [0.2, 0.25) is 0 Å². The summed E-state index contributed by atoms with van der Waals surface area (Å²) in [4.78, 5) is 50.3. The van der Waals surface area contributed by atoms with Crippen molar-refractivity contribution in [3.05, 3.63) is 45.3 Å². The molecule has 0 N–H and O–H groups in total. The van der Waals surface area contributed by atoms with Crippen LogP contribution < -0.4 is 5.63 Å². The van der Waals surface area contributed by atoms with Gasteiger partial charge in [0.2, 0.25) is 11.8 Å². The second-order valence-corrected chi connectivity index (χ2v) is 7.90. The van der Waals surface area contributed by atoms with Gasteiger partial charge in [0.25, 0.3) is 0 Å². The Morgan fingerprint density at radius 2 is 1.76 bits per heavy atom. The Hall–Kier alpha value is -2.96. The van der Waals surface area contributed by atoms with Crippen LogP contribution in [0.25, 0.3) is 11.0 Å². The number of hydrogen-bond donors (Lipinski definition) is 0. The summed E-state index contributed by atoms with van der Waals surface area (Å²) in [7, 11) is 0. The first-order chi connectivity index (χ1) is 13.9. The van der Waals surface area contributed by atoms with Gasteiger partial charge in [-0.2, -0.15) is 0 Å². The van der Waals surface area contributed by atoms with Crippen LogP contribution in [0.4, 0.5) is 0 Å². The Bertz CT molecular complexity index is 1040. The number of aryl methyl sites for hydroxylation is 2. The van der Waals surface area contributed by atoms with Crippen LogP contribution in [0, 0.1) is 25.7 Å². The number of carbonyl (C=O) groups is 3. The number of carbonyl (C=O) groups excluding carboxylic acids is 3.